The number of nitrogens with zero attached hydrogens (tertiary/aromatic N) is 5. The quantitative estimate of drug-likeness (QED) is 0.632. The number of aromatic nitrogens is 4. The van der Waals surface area contributed by atoms with E-state index in [2.05, 4.69) is 56.9 Å². The number of ether oxygens (including phenoxy) is 1. The molecule has 1 N–H and O–H groups in total. The van der Waals surface area contributed by atoms with E-state index in [1.165, 1.54) is 5.56 Å². The third-order valence-corrected chi connectivity index (χ3v) is 5.86. The van der Waals surface area contributed by atoms with Gasteiger partial charge < -0.3 is 10.1 Å². The van der Waals surface area contributed by atoms with Gasteiger partial charge in [-0.05, 0) is 53.5 Å². The van der Waals surface area contributed by atoms with Crippen LogP contribution >= 0.6 is 0 Å². The van der Waals surface area contributed by atoms with Gasteiger partial charge in [-0.1, -0.05) is 42.0 Å². The molecule has 0 aliphatic carbocycles. The van der Waals surface area contributed by atoms with Crippen molar-refractivity contribution in [2.75, 3.05) is 13.7 Å². The van der Waals surface area contributed by atoms with Crippen molar-refractivity contribution < 1.29 is 9.53 Å². The van der Waals surface area contributed by atoms with E-state index in [0.29, 0.717) is 26.1 Å². The van der Waals surface area contributed by atoms with E-state index < -0.39 is 0 Å². The Kier molecular flexibility index (Phi) is 6.27. The first-order chi connectivity index (χ1) is 15.0. The van der Waals surface area contributed by atoms with Crippen molar-refractivity contribution in [3.05, 3.63) is 71.0 Å². The molecule has 1 aliphatic heterocycles. The minimum atomic E-state index is -0.248. The first-order valence-corrected chi connectivity index (χ1v) is 10.5. The fourth-order valence-corrected chi connectivity index (χ4v) is 4.14. The molecule has 8 nitrogen and oxygen atoms in total. The SMILES string of the molecule is COc1ccc(CN2C[C@@H](n3cnnn3)C[C@H]2C(=O)NCc2ccc(C)cc2)cc1C. The van der Waals surface area contributed by atoms with Crippen LogP contribution in [-0.4, -0.2) is 50.7 Å². The highest BCUT2D eigenvalue weighted by Crippen LogP contribution is 2.29. The van der Waals surface area contributed by atoms with Gasteiger partial charge in [0.05, 0.1) is 19.2 Å². The summed E-state index contributed by atoms with van der Waals surface area (Å²) < 4.78 is 7.12. The predicted octanol–water partition coefficient (Wildman–Crippen LogP) is 2.43. The lowest BCUT2D eigenvalue weighted by molar-refractivity contribution is -0.125. The van der Waals surface area contributed by atoms with Gasteiger partial charge in [-0.3, -0.25) is 9.69 Å². The first kappa shape index (κ1) is 21.0. The first-order valence-electron chi connectivity index (χ1n) is 10.5. The Morgan fingerprint density at radius 3 is 2.61 bits per heavy atom. The maximum Gasteiger partial charge on any atom is 0.237 e. The Morgan fingerprint density at radius 1 is 1.16 bits per heavy atom. The van der Waals surface area contributed by atoms with E-state index in [4.69, 9.17) is 4.74 Å². The summed E-state index contributed by atoms with van der Waals surface area (Å²) in [7, 11) is 1.67. The Hall–Kier alpha value is -3.26. The number of carbonyl (C=O) groups is 1. The molecule has 31 heavy (non-hydrogen) atoms. The Bertz CT molecular complexity index is 1020. The number of hydrogen-bond acceptors (Lipinski definition) is 6. The van der Waals surface area contributed by atoms with Crippen LogP contribution in [0.5, 0.6) is 5.75 Å². The smallest absolute Gasteiger partial charge is 0.237 e. The molecule has 2 heterocycles. The minimum Gasteiger partial charge on any atom is -0.496 e. The van der Waals surface area contributed by atoms with Crippen LogP contribution in [0, 0.1) is 13.8 Å². The summed E-state index contributed by atoms with van der Waals surface area (Å²) >= 11 is 0. The number of tetrazole rings is 1. The molecule has 162 valence electrons. The Balaban J connectivity index is 1.48. The summed E-state index contributed by atoms with van der Waals surface area (Å²) in [6.45, 7) is 5.98. The molecule has 1 amide bonds. The van der Waals surface area contributed by atoms with Crippen molar-refractivity contribution in [1.29, 1.82) is 0 Å². The van der Waals surface area contributed by atoms with Gasteiger partial charge in [0.15, 0.2) is 0 Å². The van der Waals surface area contributed by atoms with Crippen LogP contribution in [0.1, 0.15) is 34.7 Å². The van der Waals surface area contributed by atoms with Crippen LogP contribution < -0.4 is 10.1 Å². The van der Waals surface area contributed by atoms with Crippen LogP contribution in [0.3, 0.4) is 0 Å². The lowest BCUT2D eigenvalue weighted by Crippen LogP contribution is -2.42. The van der Waals surface area contributed by atoms with Crippen molar-refractivity contribution >= 4 is 5.91 Å². The van der Waals surface area contributed by atoms with Crippen LogP contribution in [0.15, 0.2) is 48.8 Å². The second-order valence-electron chi connectivity index (χ2n) is 8.13. The normalized spacial score (nSPS) is 18.8. The molecule has 0 saturated carbocycles. The molecule has 4 rings (SSSR count). The lowest BCUT2D eigenvalue weighted by Gasteiger charge is -2.24. The number of nitrogens with one attached hydrogen (secondary N) is 1. The molecule has 2 atom stereocenters. The topological polar surface area (TPSA) is 85.2 Å². The van der Waals surface area contributed by atoms with Crippen LogP contribution in [0.25, 0.3) is 0 Å². The van der Waals surface area contributed by atoms with Crippen molar-refractivity contribution in [3.8, 4) is 5.75 Å². The van der Waals surface area contributed by atoms with E-state index >= 15 is 0 Å². The number of aryl methyl sites for hydroxylation is 2. The highest BCUT2D eigenvalue weighted by atomic mass is 16.5. The number of benzene rings is 2. The van der Waals surface area contributed by atoms with Gasteiger partial charge in [0.1, 0.15) is 12.1 Å². The summed E-state index contributed by atoms with van der Waals surface area (Å²) in [6, 6.07) is 14.2. The zero-order valence-corrected chi connectivity index (χ0v) is 18.2. The number of hydrogen-bond donors (Lipinski definition) is 1. The Labute approximate surface area is 182 Å². The predicted molar refractivity (Wildman–Crippen MR) is 116 cm³/mol. The fourth-order valence-electron chi connectivity index (χ4n) is 4.14. The number of rotatable bonds is 7. The molecule has 1 fully saturated rings. The molecule has 1 saturated heterocycles. The number of amides is 1. The summed E-state index contributed by atoms with van der Waals surface area (Å²) in [6.07, 6.45) is 2.28. The third kappa shape index (κ3) is 4.91. The second kappa shape index (κ2) is 9.26. The monoisotopic (exact) mass is 420 g/mol. The van der Waals surface area contributed by atoms with Gasteiger partial charge in [-0.15, -0.1) is 5.10 Å². The molecule has 8 heteroatoms. The van der Waals surface area contributed by atoms with Crippen LogP contribution in [0.4, 0.5) is 0 Å². The van der Waals surface area contributed by atoms with E-state index in [-0.39, 0.29) is 18.0 Å². The van der Waals surface area contributed by atoms with E-state index in [1.807, 2.05) is 25.1 Å². The van der Waals surface area contributed by atoms with E-state index in [1.54, 1.807) is 18.1 Å². The van der Waals surface area contributed by atoms with Crippen molar-refractivity contribution in [2.45, 2.75) is 45.4 Å². The average molecular weight is 421 g/mol. The summed E-state index contributed by atoms with van der Waals surface area (Å²) in [4.78, 5) is 15.3. The second-order valence-corrected chi connectivity index (χ2v) is 8.13. The van der Waals surface area contributed by atoms with Gasteiger partial charge in [0.2, 0.25) is 5.91 Å². The highest BCUT2D eigenvalue weighted by molar-refractivity contribution is 5.82. The third-order valence-electron chi connectivity index (χ3n) is 5.86. The standard InChI is InChI=1S/C23H28N6O2/c1-16-4-6-18(7-5-16)12-24-23(30)21-11-20(29-15-25-26-27-29)14-28(21)13-19-8-9-22(31-3)17(2)10-19/h4-10,15,20-21H,11-14H2,1-3H3,(H,24,30)/t20-,21-/m0/s1. The molecule has 2 aromatic carbocycles. The summed E-state index contributed by atoms with van der Waals surface area (Å²) in [5.74, 6) is 0.894. The van der Waals surface area contributed by atoms with Crippen molar-refractivity contribution in [2.24, 2.45) is 0 Å². The maximum atomic E-state index is 13.1. The summed E-state index contributed by atoms with van der Waals surface area (Å²) in [5, 5.41) is 14.7. The van der Waals surface area contributed by atoms with Gasteiger partial charge in [0, 0.05) is 19.6 Å². The fraction of sp³-hybridized carbons (Fsp3) is 0.391. The zero-order valence-electron chi connectivity index (χ0n) is 18.2. The van der Waals surface area contributed by atoms with Crippen LogP contribution in [0.2, 0.25) is 0 Å². The molecule has 3 aromatic rings. The van der Waals surface area contributed by atoms with E-state index in [0.717, 1.165) is 22.4 Å². The van der Waals surface area contributed by atoms with Gasteiger partial charge in [-0.25, -0.2) is 4.68 Å². The molecular weight excluding hydrogens is 392 g/mol. The van der Waals surface area contributed by atoms with Gasteiger partial charge in [0.25, 0.3) is 0 Å². The largest absolute Gasteiger partial charge is 0.496 e. The van der Waals surface area contributed by atoms with Gasteiger partial charge >= 0.3 is 0 Å². The van der Waals surface area contributed by atoms with Crippen molar-refractivity contribution in [3.63, 3.8) is 0 Å². The molecule has 0 spiro atoms. The Morgan fingerprint density at radius 2 is 1.94 bits per heavy atom. The summed E-state index contributed by atoms with van der Waals surface area (Å²) in [5.41, 5.74) is 4.52. The zero-order chi connectivity index (χ0) is 21.8. The molecule has 1 aliphatic rings. The van der Waals surface area contributed by atoms with E-state index in [9.17, 15) is 4.79 Å². The molecular formula is C23H28N6O2. The number of carbonyl (C=O) groups excluding carboxylic acids is 1. The lowest BCUT2D eigenvalue weighted by atomic mass is 10.1. The minimum absolute atomic E-state index is 0.0291. The van der Waals surface area contributed by atoms with Crippen LogP contribution in [-0.2, 0) is 17.9 Å². The van der Waals surface area contributed by atoms with Gasteiger partial charge in [-0.2, -0.15) is 0 Å². The van der Waals surface area contributed by atoms with Crippen molar-refractivity contribution in [1.82, 2.24) is 30.4 Å². The number of likely N-dealkylation sites (tertiary alicyclic amines) is 1. The molecule has 1 aromatic heterocycles. The maximum absolute atomic E-state index is 13.1. The molecule has 0 radical (unpaired) electrons. The molecule has 0 unspecified atom stereocenters. The molecule has 0 bridgehead atoms. The average Bonchev–Trinajstić information content (AvgIpc) is 3.43. The highest BCUT2D eigenvalue weighted by Gasteiger charge is 2.38. The number of methoxy groups -OCH3 is 1.